The molecule has 1 fully saturated rings. The molecule has 1 saturated heterocycles. The minimum Gasteiger partial charge on any atom is -0.297 e. The second-order valence-corrected chi connectivity index (χ2v) is 16.6. The first-order valence-electron chi connectivity index (χ1n) is 22.3. The van der Waals surface area contributed by atoms with Crippen LogP contribution in [0.1, 0.15) is 33.4 Å². The van der Waals surface area contributed by atoms with Crippen molar-refractivity contribution in [3.8, 4) is 0 Å². The molecule has 6 aromatic carbocycles. The molecule has 0 aromatic heterocycles. The zero-order valence-electron chi connectivity index (χ0n) is 35.7. The molecule has 1 aliphatic heterocycles. The van der Waals surface area contributed by atoms with Crippen LogP contribution < -0.4 is 0 Å². The standard InChI is InChI=1S/C54H66N6/c1-7-19-49(20-8-1)43-55-31-33-56(44-50-21-9-2-10-22-50)35-37-58(46-52-25-13-4-14-26-52)39-41-60(48-54-29-17-6-18-30-54)42-40-59(47-53-27-15-5-16-28-53)38-36-57(34-32-55)45-51-23-11-3-12-24-51/h1-30H,31-48H2. The summed E-state index contributed by atoms with van der Waals surface area (Å²) in [6.07, 6.45) is 0. The number of hydrogen-bond acceptors (Lipinski definition) is 6. The molecule has 0 spiro atoms. The summed E-state index contributed by atoms with van der Waals surface area (Å²) in [6, 6.07) is 66.5. The fraction of sp³-hybridized carbons (Fsp3) is 0.333. The fourth-order valence-electron chi connectivity index (χ4n) is 8.37. The van der Waals surface area contributed by atoms with Crippen LogP contribution >= 0.6 is 0 Å². The van der Waals surface area contributed by atoms with E-state index in [1.807, 2.05) is 0 Å². The van der Waals surface area contributed by atoms with E-state index in [1.165, 1.54) is 33.4 Å². The first-order valence-corrected chi connectivity index (χ1v) is 22.3. The maximum Gasteiger partial charge on any atom is 0.0234 e. The molecule has 0 bridgehead atoms. The highest BCUT2D eigenvalue weighted by molar-refractivity contribution is 5.19. The van der Waals surface area contributed by atoms with E-state index in [-0.39, 0.29) is 0 Å². The fourth-order valence-corrected chi connectivity index (χ4v) is 8.37. The number of hydrogen-bond donors (Lipinski definition) is 0. The van der Waals surface area contributed by atoms with E-state index >= 15 is 0 Å². The second kappa shape index (κ2) is 24.4. The Kier molecular flexibility index (Phi) is 17.5. The van der Waals surface area contributed by atoms with E-state index in [9.17, 15) is 0 Å². The van der Waals surface area contributed by atoms with Gasteiger partial charge in [0.25, 0.3) is 0 Å². The molecule has 0 amide bonds. The van der Waals surface area contributed by atoms with E-state index in [0.717, 1.165) is 118 Å². The molecule has 0 saturated carbocycles. The Morgan fingerprint density at radius 2 is 0.300 bits per heavy atom. The third-order valence-electron chi connectivity index (χ3n) is 11.9. The summed E-state index contributed by atoms with van der Waals surface area (Å²) in [6.45, 7) is 18.0. The first kappa shape index (κ1) is 43.2. The van der Waals surface area contributed by atoms with Gasteiger partial charge < -0.3 is 0 Å². The lowest BCUT2D eigenvalue weighted by atomic mass is 10.1. The van der Waals surface area contributed by atoms with Crippen molar-refractivity contribution in [2.45, 2.75) is 39.3 Å². The summed E-state index contributed by atoms with van der Waals surface area (Å²) in [4.78, 5) is 16.2. The van der Waals surface area contributed by atoms with Crippen molar-refractivity contribution >= 4 is 0 Å². The van der Waals surface area contributed by atoms with Crippen LogP contribution in [-0.2, 0) is 39.3 Å². The van der Waals surface area contributed by atoms with Crippen molar-refractivity contribution in [3.63, 3.8) is 0 Å². The Bertz CT molecular complexity index is 1590. The van der Waals surface area contributed by atoms with Crippen LogP contribution in [0.3, 0.4) is 0 Å². The van der Waals surface area contributed by atoms with E-state index in [1.54, 1.807) is 0 Å². The van der Waals surface area contributed by atoms with E-state index in [2.05, 4.69) is 211 Å². The van der Waals surface area contributed by atoms with E-state index < -0.39 is 0 Å². The van der Waals surface area contributed by atoms with Gasteiger partial charge >= 0.3 is 0 Å². The van der Waals surface area contributed by atoms with Gasteiger partial charge in [0.15, 0.2) is 0 Å². The van der Waals surface area contributed by atoms with Crippen LogP contribution in [0.25, 0.3) is 0 Å². The molecule has 6 heteroatoms. The van der Waals surface area contributed by atoms with Gasteiger partial charge in [-0.2, -0.15) is 0 Å². The van der Waals surface area contributed by atoms with Crippen LogP contribution in [-0.4, -0.2) is 108 Å². The van der Waals surface area contributed by atoms with Gasteiger partial charge in [-0.05, 0) is 33.4 Å². The summed E-state index contributed by atoms with van der Waals surface area (Å²) in [5, 5.41) is 0. The second-order valence-electron chi connectivity index (χ2n) is 16.6. The first-order chi connectivity index (χ1) is 29.7. The Labute approximate surface area is 361 Å². The van der Waals surface area contributed by atoms with Crippen LogP contribution in [0, 0.1) is 0 Å². The third-order valence-corrected chi connectivity index (χ3v) is 11.9. The van der Waals surface area contributed by atoms with Gasteiger partial charge in [0, 0.05) is 118 Å². The van der Waals surface area contributed by atoms with Crippen LogP contribution in [0.2, 0.25) is 0 Å². The molecule has 6 aromatic rings. The van der Waals surface area contributed by atoms with Gasteiger partial charge in [-0.25, -0.2) is 0 Å². The van der Waals surface area contributed by atoms with Crippen LogP contribution in [0.4, 0.5) is 0 Å². The van der Waals surface area contributed by atoms with Gasteiger partial charge in [-0.1, -0.05) is 182 Å². The molecule has 7 rings (SSSR count). The molecule has 0 aliphatic carbocycles. The van der Waals surface area contributed by atoms with Gasteiger partial charge in [0.05, 0.1) is 0 Å². The maximum atomic E-state index is 2.71. The van der Waals surface area contributed by atoms with Crippen molar-refractivity contribution in [2.75, 3.05) is 78.5 Å². The molecule has 60 heavy (non-hydrogen) atoms. The normalized spacial score (nSPS) is 17.2. The van der Waals surface area contributed by atoms with Crippen LogP contribution in [0.15, 0.2) is 182 Å². The molecule has 312 valence electrons. The SMILES string of the molecule is c1ccc(CN2CCN(Cc3ccccc3)CCN(Cc3ccccc3)CCN(Cc3ccccc3)CCN(Cc3ccccc3)CCN(Cc3ccccc3)CC2)cc1. The topological polar surface area (TPSA) is 19.4 Å². The Morgan fingerprint density at radius 3 is 0.417 bits per heavy atom. The van der Waals surface area contributed by atoms with Crippen molar-refractivity contribution in [1.82, 2.24) is 29.4 Å². The molecule has 0 atom stereocenters. The Hall–Kier alpha value is -4.92. The molecule has 0 N–H and O–H groups in total. The lowest BCUT2D eigenvalue weighted by Gasteiger charge is -2.34. The monoisotopic (exact) mass is 799 g/mol. The quantitative estimate of drug-likeness (QED) is 0.122. The highest BCUT2D eigenvalue weighted by atomic mass is 15.3. The lowest BCUT2D eigenvalue weighted by molar-refractivity contribution is 0.122. The molecule has 1 heterocycles. The average Bonchev–Trinajstić information content (AvgIpc) is 3.30. The number of benzene rings is 6. The minimum atomic E-state index is 0.955. The molecule has 1 aliphatic rings. The van der Waals surface area contributed by atoms with Crippen molar-refractivity contribution < 1.29 is 0 Å². The van der Waals surface area contributed by atoms with E-state index in [0.29, 0.717) is 0 Å². The molecule has 6 nitrogen and oxygen atoms in total. The third kappa shape index (κ3) is 15.3. The van der Waals surface area contributed by atoms with E-state index in [4.69, 9.17) is 0 Å². The summed E-state index contributed by atoms with van der Waals surface area (Å²) in [5.74, 6) is 0. The Balaban J connectivity index is 1.18. The summed E-state index contributed by atoms with van der Waals surface area (Å²) < 4.78 is 0. The number of nitrogens with zero attached hydrogens (tertiary/aromatic N) is 6. The van der Waals surface area contributed by atoms with Gasteiger partial charge in [-0.15, -0.1) is 0 Å². The molecular weight excluding hydrogens is 733 g/mol. The Morgan fingerprint density at radius 1 is 0.183 bits per heavy atom. The average molecular weight is 799 g/mol. The van der Waals surface area contributed by atoms with Gasteiger partial charge in [0.2, 0.25) is 0 Å². The van der Waals surface area contributed by atoms with Gasteiger partial charge in [-0.3, -0.25) is 29.4 Å². The highest BCUT2D eigenvalue weighted by Gasteiger charge is 2.19. The van der Waals surface area contributed by atoms with Crippen molar-refractivity contribution in [2.24, 2.45) is 0 Å². The summed E-state index contributed by atoms with van der Waals surface area (Å²) >= 11 is 0. The van der Waals surface area contributed by atoms with Crippen molar-refractivity contribution in [1.29, 1.82) is 0 Å². The minimum absolute atomic E-state index is 0.955. The summed E-state index contributed by atoms with van der Waals surface area (Å²) in [7, 11) is 0. The lowest BCUT2D eigenvalue weighted by Crippen LogP contribution is -2.45. The molecule has 0 unspecified atom stereocenters. The van der Waals surface area contributed by atoms with Crippen molar-refractivity contribution in [3.05, 3.63) is 215 Å². The maximum absolute atomic E-state index is 2.71. The predicted molar refractivity (Wildman–Crippen MR) is 250 cm³/mol. The predicted octanol–water partition coefficient (Wildman–Crippen LogP) is 9.01. The summed E-state index contributed by atoms with van der Waals surface area (Å²) in [5.41, 5.74) is 8.29. The smallest absolute Gasteiger partial charge is 0.0234 e. The zero-order chi connectivity index (χ0) is 40.9. The number of rotatable bonds is 12. The molecule has 0 radical (unpaired) electrons. The largest absolute Gasteiger partial charge is 0.297 e. The highest BCUT2D eigenvalue weighted by Crippen LogP contribution is 2.14. The van der Waals surface area contributed by atoms with Gasteiger partial charge in [0.1, 0.15) is 0 Å². The van der Waals surface area contributed by atoms with Crippen LogP contribution in [0.5, 0.6) is 0 Å². The molecular formula is C54H66N6. The zero-order valence-corrected chi connectivity index (χ0v) is 35.7.